The van der Waals surface area contributed by atoms with Crippen molar-refractivity contribution in [1.29, 1.82) is 0 Å². The average molecular weight is 273 g/mol. The van der Waals surface area contributed by atoms with Gasteiger partial charge in [0.05, 0.1) is 11.7 Å². The second-order valence-corrected chi connectivity index (χ2v) is 6.39. The maximum atomic E-state index is 13.5. The molecular formula is C16H20FN3. The number of anilines is 1. The van der Waals surface area contributed by atoms with Gasteiger partial charge in [0, 0.05) is 18.2 Å². The zero-order valence-corrected chi connectivity index (χ0v) is 12.2. The van der Waals surface area contributed by atoms with Crippen molar-refractivity contribution in [2.45, 2.75) is 38.6 Å². The van der Waals surface area contributed by atoms with Crippen molar-refractivity contribution < 1.29 is 4.39 Å². The van der Waals surface area contributed by atoms with E-state index in [9.17, 15) is 4.39 Å². The van der Waals surface area contributed by atoms with Gasteiger partial charge in [-0.3, -0.25) is 0 Å². The topological polar surface area (TPSA) is 29.9 Å². The number of benzene rings is 1. The molecule has 3 nitrogen and oxygen atoms in total. The predicted octanol–water partition coefficient (Wildman–Crippen LogP) is 3.72. The van der Waals surface area contributed by atoms with E-state index in [1.54, 1.807) is 12.1 Å². The van der Waals surface area contributed by atoms with Crippen LogP contribution in [0.3, 0.4) is 0 Å². The fraction of sp³-hybridized carbons (Fsp3) is 0.438. The number of nitrogens with one attached hydrogen (secondary N) is 1. The second kappa shape index (κ2) is 4.62. The molecule has 1 atom stereocenters. The first kappa shape index (κ1) is 13.2. The summed E-state index contributed by atoms with van der Waals surface area (Å²) in [6.07, 6.45) is 3.04. The summed E-state index contributed by atoms with van der Waals surface area (Å²) < 4.78 is 15.6. The number of fused-ring (bicyclic) bond motifs is 1. The first-order chi connectivity index (χ1) is 9.45. The first-order valence-electron chi connectivity index (χ1n) is 7.04. The summed E-state index contributed by atoms with van der Waals surface area (Å²) in [5, 5.41) is 3.33. The molecule has 106 valence electrons. The molecule has 1 aromatic carbocycles. The molecule has 0 saturated heterocycles. The van der Waals surface area contributed by atoms with Crippen LogP contribution in [0.5, 0.6) is 0 Å². The van der Waals surface area contributed by atoms with Gasteiger partial charge in [-0.15, -0.1) is 0 Å². The Morgan fingerprint density at radius 2 is 2.15 bits per heavy atom. The van der Waals surface area contributed by atoms with Crippen molar-refractivity contribution in [2.75, 3.05) is 11.9 Å². The molecule has 1 aliphatic heterocycles. The Balaban J connectivity index is 2.04. The second-order valence-electron chi connectivity index (χ2n) is 6.39. The summed E-state index contributed by atoms with van der Waals surface area (Å²) in [6, 6.07) is 7.02. The van der Waals surface area contributed by atoms with Gasteiger partial charge < -0.3 is 9.88 Å². The zero-order chi connectivity index (χ0) is 14.3. The molecule has 4 heteroatoms. The minimum Gasteiger partial charge on any atom is -0.356 e. The number of nitrogens with zero attached hydrogens (tertiary/aromatic N) is 2. The lowest BCUT2D eigenvalue weighted by Gasteiger charge is -2.26. The van der Waals surface area contributed by atoms with Gasteiger partial charge in [-0.2, -0.15) is 0 Å². The number of imidazole rings is 1. The highest BCUT2D eigenvalue weighted by molar-refractivity contribution is 5.37. The van der Waals surface area contributed by atoms with Crippen molar-refractivity contribution in [3.8, 4) is 0 Å². The maximum Gasteiger partial charge on any atom is 0.203 e. The van der Waals surface area contributed by atoms with E-state index in [-0.39, 0.29) is 17.3 Å². The molecule has 2 heterocycles. The summed E-state index contributed by atoms with van der Waals surface area (Å²) in [5.41, 5.74) is 2.08. The van der Waals surface area contributed by atoms with Crippen LogP contribution in [0.4, 0.5) is 10.3 Å². The van der Waals surface area contributed by atoms with Crippen LogP contribution in [0.1, 0.15) is 44.5 Å². The number of hydrogen-bond acceptors (Lipinski definition) is 2. The maximum absolute atomic E-state index is 13.5. The van der Waals surface area contributed by atoms with Crippen LogP contribution < -0.4 is 5.32 Å². The van der Waals surface area contributed by atoms with Crippen LogP contribution in [0.25, 0.3) is 0 Å². The van der Waals surface area contributed by atoms with Gasteiger partial charge in [-0.25, -0.2) is 9.37 Å². The van der Waals surface area contributed by atoms with Crippen LogP contribution >= 0.6 is 0 Å². The molecule has 0 fully saturated rings. The van der Waals surface area contributed by atoms with E-state index >= 15 is 0 Å². The van der Waals surface area contributed by atoms with Gasteiger partial charge in [0.25, 0.3) is 0 Å². The molecule has 1 N–H and O–H groups in total. The molecule has 20 heavy (non-hydrogen) atoms. The van der Waals surface area contributed by atoms with Crippen molar-refractivity contribution in [3.05, 3.63) is 47.5 Å². The van der Waals surface area contributed by atoms with Crippen LogP contribution in [0.2, 0.25) is 0 Å². The highest BCUT2D eigenvalue weighted by Gasteiger charge is 2.26. The van der Waals surface area contributed by atoms with Crippen LogP contribution in [0.15, 0.2) is 30.5 Å². The van der Waals surface area contributed by atoms with Crippen molar-refractivity contribution in [3.63, 3.8) is 0 Å². The largest absolute Gasteiger partial charge is 0.356 e. The van der Waals surface area contributed by atoms with Gasteiger partial charge in [0.2, 0.25) is 5.95 Å². The summed E-state index contributed by atoms with van der Waals surface area (Å²) in [5.74, 6) is 0.703. The standard InChI is InChI=1S/C16H20FN3/c1-16(2,3)14-10-20-13(7-8-18-15(20)19-14)11-5-4-6-12(17)9-11/h4-6,9-10,13H,7-8H2,1-3H3,(H,18,19). The SMILES string of the molecule is CC(C)(C)c1cn2c(n1)NCCC2c1cccc(F)c1. The minimum atomic E-state index is -0.182. The van der Waals surface area contributed by atoms with E-state index in [0.29, 0.717) is 0 Å². The van der Waals surface area contributed by atoms with Crippen LogP contribution in [0, 0.1) is 5.82 Å². The van der Waals surface area contributed by atoms with Gasteiger partial charge in [0.15, 0.2) is 0 Å². The first-order valence-corrected chi connectivity index (χ1v) is 7.04. The molecule has 2 aromatic rings. The summed E-state index contributed by atoms with van der Waals surface area (Å²) >= 11 is 0. The van der Waals surface area contributed by atoms with Gasteiger partial charge in [-0.05, 0) is 24.1 Å². The third-order valence-corrected chi connectivity index (χ3v) is 3.77. The van der Waals surface area contributed by atoms with E-state index in [1.165, 1.54) is 6.07 Å². The van der Waals surface area contributed by atoms with Gasteiger partial charge >= 0.3 is 0 Å². The number of halogens is 1. The quantitative estimate of drug-likeness (QED) is 0.858. The Morgan fingerprint density at radius 1 is 1.35 bits per heavy atom. The Hall–Kier alpha value is -1.84. The van der Waals surface area contributed by atoms with E-state index in [4.69, 9.17) is 0 Å². The van der Waals surface area contributed by atoms with E-state index in [1.807, 2.05) is 6.07 Å². The lowest BCUT2D eigenvalue weighted by Crippen LogP contribution is -2.23. The molecule has 0 bridgehead atoms. The Morgan fingerprint density at radius 3 is 2.85 bits per heavy atom. The van der Waals surface area contributed by atoms with E-state index in [2.05, 4.69) is 41.8 Å². The Labute approximate surface area is 118 Å². The molecule has 0 spiro atoms. The summed E-state index contributed by atoms with van der Waals surface area (Å²) in [4.78, 5) is 4.68. The van der Waals surface area contributed by atoms with Crippen molar-refractivity contribution in [2.24, 2.45) is 0 Å². The minimum absolute atomic E-state index is 0.0124. The average Bonchev–Trinajstić information content (AvgIpc) is 2.82. The number of aromatic nitrogens is 2. The van der Waals surface area contributed by atoms with Crippen LogP contribution in [-0.4, -0.2) is 16.1 Å². The molecule has 0 radical (unpaired) electrons. The number of rotatable bonds is 1. The molecule has 3 rings (SSSR count). The van der Waals surface area contributed by atoms with E-state index in [0.717, 1.165) is 30.2 Å². The van der Waals surface area contributed by atoms with Gasteiger partial charge in [-0.1, -0.05) is 32.9 Å². The van der Waals surface area contributed by atoms with Crippen molar-refractivity contribution >= 4 is 5.95 Å². The number of hydrogen-bond donors (Lipinski definition) is 1. The molecule has 0 aliphatic carbocycles. The third-order valence-electron chi connectivity index (χ3n) is 3.77. The zero-order valence-electron chi connectivity index (χ0n) is 12.2. The Kier molecular flexibility index (Phi) is 3.04. The fourth-order valence-electron chi connectivity index (χ4n) is 2.62. The monoisotopic (exact) mass is 273 g/mol. The molecule has 1 aliphatic rings. The predicted molar refractivity (Wildman–Crippen MR) is 78.6 cm³/mol. The Bertz CT molecular complexity index is 625. The highest BCUT2D eigenvalue weighted by Crippen LogP contribution is 2.33. The van der Waals surface area contributed by atoms with E-state index < -0.39 is 0 Å². The molecule has 0 saturated carbocycles. The summed E-state index contributed by atoms with van der Waals surface area (Å²) in [6.45, 7) is 7.32. The molecule has 0 amide bonds. The fourth-order valence-corrected chi connectivity index (χ4v) is 2.62. The lowest BCUT2D eigenvalue weighted by molar-refractivity contribution is 0.522. The van der Waals surface area contributed by atoms with Crippen LogP contribution in [-0.2, 0) is 5.41 Å². The third kappa shape index (κ3) is 2.30. The van der Waals surface area contributed by atoms with Crippen molar-refractivity contribution in [1.82, 2.24) is 9.55 Å². The smallest absolute Gasteiger partial charge is 0.203 e. The molecule has 1 aromatic heterocycles. The normalized spacial score (nSPS) is 18.5. The summed E-state index contributed by atoms with van der Waals surface area (Å²) in [7, 11) is 0. The molecule has 1 unspecified atom stereocenters. The lowest BCUT2D eigenvalue weighted by atomic mass is 9.93. The van der Waals surface area contributed by atoms with Gasteiger partial charge in [0.1, 0.15) is 5.82 Å². The molecular weight excluding hydrogens is 253 g/mol. The highest BCUT2D eigenvalue weighted by atomic mass is 19.1.